The van der Waals surface area contributed by atoms with Gasteiger partial charge < -0.3 is 10.2 Å². The lowest BCUT2D eigenvalue weighted by Gasteiger charge is -2.25. The summed E-state index contributed by atoms with van der Waals surface area (Å²) < 4.78 is 0. The number of carbonyl (C=O) groups excluding carboxylic acids is 3. The SMILES string of the molecule is Cc1ccc(C)c(N2N=C(C(=O)NCCCN3CCCCCC3=O)CCC2=O)c1. The first-order chi connectivity index (χ1) is 14.0. The number of hydrazone groups is 1. The number of hydrogen-bond acceptors (Lipinski definition) is 4. The van der Waals surface area contributed by atoms with Gasteiger partial charge in [-0.15, -0.1) is 0 Å². The molecule has 0 unspecified atom stereocenters. The Morgan fingerprint density at radius 2 is 1.90 bits per heavy atom. The summed E-state index contributed by atoms with van der Waals surface area (Å²) in [6.07, 6.45) is 5.08. The Morgan fingerprint density at radius 3 is 2.72 bits per heavy atom. The maximum atomic E-state index is 12.5. The lowest BCUT2D eigenvalue weighted by Crippen LogP contribution is -2.40. The van der Waals surface area contributed by atoms with E-state index in [9.17, 15) is 14.4 Å². The first kappa shape index (κ1) is 21.0. The molecule has 0 aliphatic carbocycles. The van der Waals surface area contributed by atoms with Crippen LogP contribution >= 0.6 is 0 Å². The van der Waals surface area contributed by atoms with Gasteiger partial charge in [-0.05, 0) is 50.3 Å². The molecule has 1 N–H and O–H groups in total. The van der Waals surface area contributed by atoms with Gasteiger partial charge in [0.25, 0.3) is 5.91 Å². The third-order valence-corrected chi connectivity index (χ3v) is 5.45. The van der Waals surface area contributed by atoms with Gasteiger partial charge in [-0.2, -0.15) is 5.10 Å². The molecule has 29 heavy (non-hydrogen) atoms. The topological polar surface area (TPSA) is 82.1 Å². The van der Waals surface area contributed by atoms with E-state index in [1.165, 1.54) is 5.01 Å². The lowest BCUT2D eigenvalue weighted by molar-refractivity contribution is -0.130. The fourth-order valence-corrected chi connectivity index (χ4v) is 3.70. The molecule has 0 radical (unpaired) electrons. The zero-order valence-electron chi connectivity index (χ0n) is 17.4. The first-order valence-corrected chi connectivity index (χ1v) is 10.5. The van der Waals surface area contributed by atoms with Gasteiger partial charge in [0.2, 0.25) is 11.8 Å². The summed E-state index contributed by atoms with van der Waals surface area (Å²) >= 11 is 0. The van der Waals surface area contributed by atoms with Gasteiger partial charge in [-0.25, -0.2) is 5.01 Å². The molecule has 2 aliphatic rings. The molecule has 7 heteroatoms. The number of rotatable bonds is 6. The van der Waals surface area contributed by atoms with Gasteiger partial charge in [0.15, 0.2) is 0 Å². The number of anilines is 1. The Bertz CT molecular complexity index is 818. The van der Waals surface area contributed by atoms with Crippen LogP contribution in [-0.4, -0.2) is 48.0 Å². The van der Waals surface area contributed by atoms with Crippen LogP contribution in [0.4, 0.5) is 5.69 Å². The molecular formula is C22H30N4O3. The Hall–Kier alpha value is -2.70. The Kier molecular flexibility index (Phi) is 7.01. The van der Waals surface area contributed by atoms with Crippen LogP contribution in [0.5, 0.6) is 0 Å². The second-order valence-corrected chi connectivity index (χ2v) is 7.84. The number of nitrogens with zero attached hydrogens (tertiary/aromatic N) is 3. The average molecular weight is 399 g/mol. The maximum Gasteiger partial charge on any atom is 0.267 e. The van der Waals surface area contributed by atoms with Gasteiger partial charge in [-0.3, -0.25) is 14.4 Å². The highest BCUT2D eigenvalue weighted by Gasteiger charge is 2.26. The van der Waals surface area contributed by atoms with E-state index in [0.29, 0.717) is 38.1 Å². The summed E-state index contributed by atoms with van der Waals surface area (Å²) in [5.41, 5.74) is 3.07. The molecule has 0 aromatic heterocycles. The van der Waals surface area contributed by atoms with Crippen molar-refractivity contribution in [3.8, 4) is 0 Å². The van der Waals surface area contributed by atoms with Gasteiger partial charge in [0.1, 0.15) is 5.71 Å². The van der Waals surface area contributed by atoms with Crippen molar-refractivity contribution in [1.29, 1.82) is 0 Å². The molecule has 3 amide bonds. The highest BCUT2D eigenvalue weighted by Crippen LogP contribution is 2.25. The van der Waals surface area contributed by atoms with Gasteiger partial charge in [0, 0.05) is 38.9 Å². The minimum atomic E-state index is -0.241. The number of likely N-dealkylation sites (tertiary alicyclic amines) is 1. The predicted molar refractivity (Wildman–Crippen MR) is 113 cm³/mol. The number of carbonyl (C=O) groups is 3. The summed E-state index contributed by atoms with van der Waals surface area (Å²) in [4.78, 5) is 38.8. The van der Waals surface area contributed by atoms with Crippen molar-refractivity contribution in [2.75, 3.05) is 24.6 Å². The van der Waals surface area contributed by atoms with Crippen molar-refractivity contribution in [3.63, 3.8) is 0 Å². The molecule has 3 rings (SSSR count). The summed E-state index contributed by atoms with van der Waals surface area (Å²) in [7, 11) is 0. The van der Waals surface area contributed by atoms with Crippen molar-refractivity contribution in [2.45, 2.75) is 58.8 Å². The number of benzene rings is 1. The van der Waals surface area contributed by atoms with E-state index in [0.717, 1.165) is 42.6 Å². The van der Waals surface area contributed by atoms with Crippen LogP contribution in [0.3, 0.4) is 0 Å². The molecule has 1 aromatic carbocycles. The first-order valence-electron chi connectivity index (χ1n) is 10.5. The van der Waals surface area contributed by atoms with Crippen LogP contribution in [0, 0.1) is 13.8 Å². The normalized spacial score (nSPS) is 17.8. The highest BCUT2D eigenvalue weighted by molar-refractivity contribution is 6.40. The second kappa shape index (κ2) is 9.67. The third-order valence-electron chi connectivity index (χ3n) is 5.45. The monoisotopic (exact) mass is 398 g/mol. The van der Waals surface area contributed by atoms with Crippen LogP contribution < -0.4 is 10.3 Å². The van der Waals surface area contributed by atoms with E-state index in [-0.39, 0.29) is 24.1 Å². The zero-order valence-corrected chi connectivity index (χ0v) is 17.4. The molecule has 1 fully saturated rings. The number of aryl methyl sites for hydroxylation is 2. The summed E-state index contributed by atoms with van der Waals surface area (Å²) in [6.45, 7) is 5.85. The van der Waals surface area contributed by atoms with E-state index < -0.39 is 0 Å². The van der Waals surface area contributed by atoms with Gasteiger partial charge >= 0.3 is 0 Å². The van der Waals surface area contributed by atoms with Crippen LogP contribution in [-0.2, 0) is 14.4 Å². The van der Waals surface area contributed by atoms with E-state index in [1.807, 2.05) is 36.9 Å². The summed E-state index contributed by atoms with van der Waals surface area (Å²) in [6, 6.07) is 5.85. The molecular weight excluding hydrogens is 368 g/mol. The predicted octanol–water partition coefficient (Wildman–Crippen LogP) is 2.70. The lowest BCUT2D eigenvalue weighted by atomic mass is 10.1. The quantitative estimate of drug-likeness (QED) is 0.748. The van der Waals surface area contributed by atoms with Crippen LogP contribution in [0.2, 0.25) is 0 Å². The van der Waals surface area contributed by atoms with Crippen LogP contribution in [0.1, 0.15) is 56.1 Å². The van der Waals surface area contributed by atoms with Crippen molar-refractivity contribution in [3.05, 3.63) is 29.3 Å². The number of hydrogen-bond donors (Lipinski definition) is 1. The molecule has 0 spiro atoms. The zero-order chi connectivity index (χ0) is 20.8. The Labute approximate surface area is 172 Å². The Morgan fingerprint density at radius 1 is 1.07 bits per heavy atom. The molecule has 0 saturated carbocycles. The second-order valence-electron chi connectivity index (χ2n) is 7.84. The standard InChI is InChI=1S/C22H30N4O3/c1-16-8-9-17(2)19(15-16)26-21(28)11-10-18(24-26)22(29)23-12-6-14-25-13-5-3-4-7-20(25)27/h8-9,15H,3-7,10-14H2,1-2H3,(H,23,29). The van der Waals surface area contributed by atoms with E-state index in [1.54, 1.807) is 0 Å². The maximum absolute atomic E-state index is 12.5. The average Bonchev–Trinajstić information content (AvgIpc) is 2.91. The molecule has 0 atom stereocenters. The fourth-order valence-electron chi connectivity index (χ4n) is 3.70. The van der Waals surface area contributed by atoms with E-state index in [2.05, 4.69) is 10.4 Å². The number of nitrogens with one attached hydrogen (secondary N) is 1. The van der Waals surface area contributed by atoms with Gasteiger partial charge in [-0.1, -0.05) is 18.6 Å². The Balaban J connectivity index is 1.56. The fraction of sp³-hybridized carbons (Fsp3) is 0.545. The highest BCUT2D eigenvalue weighted by atomic mass is 16.2. The molecule has 1 aromatic rings. The summed E-state index contributed by atoms with van der Waals surface area (Å²) in [5.74, 6) is -0.127. The molecule has 2 aliphatic heterocycles. The molecule has 1 saturated heterocycles. The van der Waals surface area contributed by atoms with Crippen LogP contribution in [0.15, 0.2) is 23.3 Å². The minimum Gasteiger partial charge on any atom is -0.351 e. The molecule has 7 nitrogen and oxygen atoms in total. The number of amides is 3. The van der Waals surface area contributed by atoms with Crippen molar-refractivity contribution < 1.29 is 14.4 Å². The van der Waals surface area contributed by atoms with Crippen LogP contribution in [0.25, 0.3) is 0 Å². The van der Waals surface area contributed by atoms with E-state index in [4.69, 9.17) is 0 Å². The molecule has 0 bridgehead atoms. The third kappa shape index (κ3) is 5.43. The molecule has 156 valence electrons. The molecule has 2 heterocycles. The van der Waals surface area contributed by atoms with E-state index >= 15 is 0 Å². The summed E-state index contributed by atoms with van der Waals surface area (Å²) in [5, 5.41) is 8.60. The van der Waals surface area contributed by atoms with Crippen molar-refractivity contribution in [2.24, 2.45) is 5.10 Å². The van der Waals surface area contributed by atoms with Crippen molar-refractivity contribution in [1.82, 2.24) is 10.2 Å². The largest absolute Gasteiger partial charge is 0.351 e. The van der Waals surface area contributed by atoms with Gasteiger partial charge in [0.05, 0.1) is 5.69 Å². The smallest absolute Gasteiger partial charge is 0.267 e. The van der Waals surface area contributed by atoms with Crippen molar-refractivity contribution >= 4 is 29.1 Å². The minimum absolute atomic E-state index is 0.102.